The Balaban J connectivity index is 3.36. The normalized spacial score (nSPS) is 23.6. The molecule has 1 heterocycles. The van der Waals surface area contributed by atoms with Crippen molar-refractivity contribution in [2.24, 2.45) is 10.3 Å². The Morgan fingerprint density at radius 2 is 1.18 bits per heavy atom. The summed E-state index contributed by atoms with van der Waals surface area (Å²) < 4.78 is 0. The second kappa shape index (κ2) is 5.24. The van der Waals surface area contributed by atoms with Crippen molar-refractivity contribution in [3.63, 3.8) is 0 Å². The number of hydrogen-bond acceptors (Lipinski definition) is 1. The molecule has 0 unspecified atom stereocenters. The fraction of sp³-hybridized carbons (Fsp3) is 1.00. The number of nitrogens with zero attached hydrogens (tertiary/aromatic N) is 1. The van der Waals surface area contributed by atoms with E-state index >= 15 is 0 Å². The molecule has 0 aliphatic carbocycles. The summed E-state index contributed by atoms with van der Waals surface area (Å²) in [6, 6.07) is 0. The van der Waals surface area contributed by atoms with Crippen molar-refractivity contribution in [2.45, 2.75) is 90.9 Å². The van der Waals surface area contributed by atoms with Gasteiger partial charge in [0.25, 0.3) is 0 Å². The van der Waals surface area contributed by atoms with Gasteiger partial charge in [0.2, 0.25) is 0 Å². The number of rotatable bonds is 6. The van der Waals surface area contributed by atoms with Gasteiger partial charge in [0.05, 0.1) is 0 Å². The summed E-state index contributed by atoms with van der Waals surface area (Å²) in [5.74, 6) is 0. The molecule has 0 saturated heterocycles. The molecule has 0 bridgehead atoms. The minimum atomic E-state index is 0.197. The van der Waals surface area contributed by atoms with Gasteiger partial charge in [0, 0.05) is 0 Å². The van der Waals surface area contributed by atoms with E-state index in [9.17, 15) is 0 Å². The summed E-state index contributed by atoms with van der Waals surface area (Å²) >= 11 is 0. The van der Waals surface area contributed by atoms with Crippen LogP contribution in [0.25, 0.3) is 0 Å². The predicted octanol–water partition coefficient (Wildman–Crippen LogP) is 5.23. The summed E-state index contributed by atoms with van der Waals surface area (Å²) in [6.07, 6.45) is 7.35. The van der Waals surface area contributed by atoms with Crippen molar-refractivity contribution in [2.75, 3.05) is 0 Å². The summed E-state index contributed by atoms with van der Waals surface area (Å²) in [5, 5.41) is 0.336. The first kappa shape index (κ1) is 14.9. The van der Waals surface area contributed by atoms with E-state index in [1.807, 2.05) is 0 Å². The Hall–Kier alpha value is -0.135. The first-order chi connectivity index (χ1) is 8.07. The van der Waals surface area contributed by atoms with Crippen molar-refractivity contribution < 1.29 is 0 Å². The van der Waals surface area contributed by atoms with Gasteiger partial charge >= 0.3 is 108 Å². The summed E-state index contributed by atoms with van der Waals surface area (Å²) in [7, 11) is 2.34. The first-order valence-electron chi connectivity index (χ1n) is 7.63. The molecule has 0 atom stereocenters. The third kappa shape index (κ3) is 1.66. The molecule has 0 aromatic rings. The van der Waals surface area contributed by atoms with Gasteiger partial charge in [-0.2, -0.15) is 0 Å². The summed E-state index contributed by atoms with van der Waals surface area (Å²) in [5.41, 5.74) is 0.579. The third-order valence-corrected chi connectivity index (χ3v) is 6.04. The first-order valence-corrected chi connectivity index (χ1v) is 7.63. The Kier molecular flexibility index (Phi) is 4.60. The maximum absolute atomic E-state index is 5.07. The average molecular weight is 235 g/mol. The van der Waals surface area contributed by atoms with Gasteiger partial charge in [-0.15, -0.1) is 0 Å². The Morgan fingerprint density at radius 1 is 0.706 bits per heavy atom. The molecule has 1 nitrogen and oxygen atoms in total. The molecule has 2 heteroatoms. The van der Waals surface area contributed by atoms with Crippen molar-refractivity contribution >= 4 is 7.07 Å². The van der Waals surface area contributed by atoms with E-state index in [0.29, 0.717) is 10.7 Å². The molecule has 98 valence electrons. The van der Waals surface area contributed by atoms with Crippen LogP contribution >= 0.6 is 0 Å². The monoisotopic (exact) mass is 235 g/mol. The maximum atomic E-state index is 5.07. The molecular weight excluding hydrogens is 205 g/mol. The van der Waals surface area contributed by atoms with Gasteiger partial charge in [-0.05, 0) is 0 Å². The van der Waals surface area contributed by atoms with Gasteiger partial charge in [-0.1, -0.05) is 0 Å². The van der Waals surface area contributed by atoms with Gasteiger partial charge in [0.15, 0.2) is 0 Å². The van der Waals surface area contributed by atoms with Crippen LogP contribution in [0.5, 0.6) is 0 Å². The molecule has 0 amide bonds. The van der Waals surface area contributed by atoms with Gasteiger partial charge in [-0.25, -0.2) is 0 Å². The zero-order valence-corrected chi connectivity index (χ0v) is 12.8. The fourth-order valence-electron chi connectivity index (χ4n) is 4.79. The van der Waals surface area contributed by atoms with Crippen LogP contribution in [0.2, 0.25) is 5.31 Å². The molecule has 17 heavy (non-hydrogen) atoms. The standard InChI is InChI=1S/C15H30BN/c1-7-13(8-2)14(9-3,10-4)16-17-15(13,11-5)12-6/h7-12H2,1-6H3. The third-order valence-electron chi connectivity index (χ3n) is 6.04. The van der Waals surface area contributed by atoms with E-state index in [4.69, 9.17) is 4.90 Å². The van der Waals surface area contributed by atoms with Gasteiger partial charge in [0.1, 0.15) is 0 Å². The molecule has 0 radical (unpaired) electrons. The zero-order valence-electron chi connectivity index (χ0n) is 12.8. The Morgan fingerprint density at radius 3 is 1.47 bits per heavy atom. The molecule has 1 aliphatic heterocycles. The van der Waals surface area contributed by atoms with Crippen LogP contribution in [-0.4, -0.2) is 12.6 Å². The molecule has 1 aliphatic rings. The zero-order chi connectivity index (χ0) is 13.2. The molecule has 0 aromatic carbocycles. The molecule has 0 spiro atoms. The molecule has 0 N–H and O–H groups in total. The molecule has 0 saturated carbocycles. The van der Waals surface area contributed by atoms with Crippen molar-refractivity contribution in [3.05, 3.63) is 0 Å². The van der Waals surface area contributed by atoms with Crippen LogP contribution in [0.15, 0.2) is 4.90 Å². The predicted molar refractivity (Wildman–Crippen MR) is 77.8 cm³/mol. The topological polar surface area (TPSA) is 12.4 Å². The van der Waals surface area contributed by atoms with Crippen LogP contribution in [0.1, 0.15) is 80.1 Å². The van der Waals surface area contributed by atoms with E-state index in [1.54, 1.807) is 0 Å². The molecule has 0 fully saturated rings. The second-order valence-corrected chi connectivity index (χ2v) is 5.65. The van der Waals surface area contributed by atoms with Crippen molar-refractivity contribution in [1.82, 2.24) is 0 Å². The average Bonchev–Trinajstić information content (AvgIpc) is 2.69. The van der Waals surface area contributed by atoms with Crippen LogP contribution in [-0.2, 0) is 0 Å². The van der Waals surface area contributed by atoms with E-state index < -0.39 is 0 Å². The second-order valence-electron chi connectivity index (χ2n) is 5.65. The molecular formula is C15H30BN. The van der Waals surface area contributed by atoms with Crippen LogP contribution in [0.3, 0.4) is 0 Å². The van der Waals surface area contributed by atoms with Gasteiger partial charge in [-0.3, -0.25) is 0 Å². The molecule has 0 aromatic heterocycles. The minimum absolute atomic E-state index is 0.197. The van der Waals surface area contributed by atoms with Crippen molar-refractivity contribution in [3.8, 4) is 0 Å². The quantitative estimate of drug-likeness (QED) is 0.559. The van der Waals surface area contributed by atoms with Crippen molar-refractivity contribution in [1.29, 1.82) is 0 Å². The summed E-state index contributed by atoms with van der Waals surface area (Å²) in [6.45, 7) is 14.1. The fourth-order valence-corrected chi connectivity index (χ4v) is 4.79. The van der Waals surface area contributed by atoms with E-state index in [1.165, 1.54) is 38.5 Å². The Labute approximate surface area is 109 Å². The molecule has 1 rings (SSSR count). The van der Waals surface area contributed by atoms with Crippen LogP contribution < -0.4 is 0 Å². The summed E-state index contributed by atoms with van der Waals surface area (Å²) in [4.78, 5) is 5.07. The van der Waals surface area contributed by atoms with E-state index in [0.717, 1.165) is 0 Å². The van der Waals surface area contributed by atoms with Crippen LogP contribution in [0, 0.1) is 5.41 Å². The van der Waals surface area contributed by atoms with Crippen LogP contribution in [0.4, 0.5) is 0 Å². The number of hydrogen-bond donors (Lipinski definition) is 0. The Bertz CT molecular complexity index is 247. The van der Waals surface area contributed by atoms with Gasteiger partial charge < -0.3 is 0 Å². The SMILES string of the molecule is CCC1(CC)B=NC(CC)(CC)C1(CC)CC. The van der Waals surface area contributed by atoms with E-state index in [-0.39, 0.29) is 5.54 Å². The van der Waals surface area contributed by atoms with E-state index in [2.05, 4.69) is 48.6 Å².